The molecule has 0 radical (unpaired) electrons. The third-order valence-corrected chi connectivity index (χ3v) is 5.88. The van der Waals surface area contributed by atoms with E-state index in [9.17, 15) is 24.2 Å². The van der Waals surface area contributed by atoms with Crippen molar-refractivity contribution in [1.29, 1.82) is 5.26 Å². The maximum Gasteiger partial charge on any atom is 0.415 e. The number of nitrogens with zero attached hydrogens (tertiary/aromatic N) is 6. The van der Waals surface area contributed by atoms with Crippen LogP contribution in [0.15, 0.2) is 30.5 Å². The van der Waals surface area contributed by atoms with Crippen LogP contribution >= 0.6 is 0 Å². The normalized spacial score (nSPS) is 19.5. The fourth-order valence-electron chi connectivity index (χ4n) is 4.45. The topological polar surface area (TPSA) is 110 Å². The van der Waals surface area contributed by atoms with E-state index in [2.05, 4.69) is 20.9 Å². The number of rotatable bonds is 4. The minimum atomic E-state index is -0.989. The summed E-state index contributed by atoms with van der Waals surface area (Å²) in [5, 5.41) is 20.5. The van der Waals surface area contributed by atoms with E-state index in [1.165, 1.54) is 12.3 Å². The van der Waals surface area contributed by atoms with Crippen molar-refractivity contribution < 1.29 is 18.4 Å². The van der Waals surface area contributed by atoms with Crippen LogP contribution in [0.3, 0.4) is 0 Å². The van der Waals surface area contributed by atoms with Gasteiger partial charge in [0, 0.05) is 42.3 Å². The molecule has 2 aromatic heterocycles. The van der Waals surface area contributed by atoms with Crippen LogP contribution in [0.4, 0.5) is 14.6 Å². The molecule has 4 heterocycles. The van der Waals surface area contributed by atoms with Crippen molar-refractivity contribution in [2.45, 2.75) is 32.0 Å². The van der Waals surface area contributed by atoms with Crippen LogP contribution in [-0.2, 0) is 19.5 Å². The van der Waals surface area contributed by atoms with Crippen LogP contribution in [0, 0.1) is 33.1 Å². The fourth-order valence-corrected chi connectivity index (χ4v) is 4.45. The highest BCUT2D eigenvalue weighted by Gasteiger charge is 2.42. The Bertz CT molecular complexity index is 1310. The molecule has 3 aromatic rings. The molecule has 0 bridgehead atoms. The minimum Gasteiger partial charge on any atom is -0.436 e. The zero-order valence-corrected chi connectivity index (χ0v) is 17.6. The molecule has 1 aromatic carbocycles. The Labute approximate surface area is 187 Å². The average molecular weight is 452 g/mol. The maximum absolute atomic E-state index is 13.7. The molecule has 0 fully saturated rings. The summed E-state index contributed by atoms with van der Waals surface area (Å²) in [6, 6.07) is 7.57. The lowest BCUT2D eigenvalue weighted by atomic mass is 9.97. The number of nitro groups is 1. The standard InChI is InChI=1S/C22H18F2N6O3/c1-22(12-29-10-19(30(31)32)27-21(29)33-22)11-28-5-4-18-15(9-28)6-14(8-25)20(26-18)13-2-3-16(23)17(24)7-13/h2-3,6-7,10H,4-5,9,11-12H2,1H3/t22-/m0/s1. The lowest BCUT2D eigenvalue weighted by molar-refractivity contribution is -0.389. The van der Waals surface area contributed by atoms with Crippen LogP contribution in [0.1, 0.15) is 23.7 Å². The molecule has 9 nitrogen and oxygen atoms in total. The van der Waals surface area contributed by atoms with Crippen molar-refractivity contribution in [2.75, 3.05) is 13.1 Å². The first-order chi connectivity index (χ1) is 15.7. The van der Waals surface area contributed by atoms with Gasteiger partial charge in [0.05, 0.1) is 17.8 Å². The second-order valence-electron chi connectivity index (χ2n) is 8.51. The summed E-state index contributed by atoms with van der Waals surface area (Å²) in [4.78, 5) is 21.0. The number of aromatic nitrogens is 3. The minimum absolute atomic E-state index is 0.228. The molecule has 2 aliphatic heterocycles. The predicted molar refractivity (Wildman–Crippen MR) is 111 cm³/mol. The molecule has 0 amide bonds. The van der Waals surface area contributed by atoms with Gasteiger partial charge in [0.1, 0.15) is 17.9 Å². The Hall–Kier alpha value is -3.91. The number of nitriles is 1. The van der Waals surface area contributed by atoms with Gasteiger partial charge in [0.25, 0.3) is 0 Å². The molecular formula is C22H18F2N6O3. The molecule has 0 N–H and O–H groups in total. The Balaban J connectivity index is 1.35. The molecule has 168 valence electrons. The van der Waals surface area contributed by atoms with Gasteiger partial charge in [-0.1, -0.05) is 0 Å². The molecule has 0 unspecified atom stereocenters. The Kier molecular flexibility index (Phi) is 4.83. The van der Waals surface area contributed by atoms with Crippen LogP contribution in [0.2, 0.25) is 0 Å². The molecule has 0 spiro atoms. The van der Waals surface area contributed by atoms with Crippen molar-refractivity contribution in [3.8, 4) is 23.3 Å². The second kappa shape index (κ2) is 7.60. The zero-order chi connectivity index (χ0) is 23.3. The van der Waals surface area contributed by atoms with E-state index < -0.39 is 22.2 Å². The third-order valence-electron chi connectivity index (χ3n) is 5.88. The van der Waals surface area contributed by atoms with Gasteiger partial charge < -0.3 is 14.9 Å². The summed E-state index contributed by atoms with van der Waals surface area (Å²) in [6.07, 6.45) is 1.98. The number of benzene rings is 1. The van der Waals surface area contributed by atoms with Crippen molar-refractivity contribution >= 4 is 5.82 Å². The molecule has 33 heavy (non-hydrogen) atoms. The van der Waals surface area contributed by atoms with E-state index in [-0.39, 0.29) is 17.4 Å². The van der Waals surface area contributed by atoms with Gasteiger partial charge in [0.2, 0.25) is 0 Å². The highest BCUT2D eigenvalue weighted by Crippen LogP contribution is 2.33. The number of ether oxygens (including phenoxy) is 1. The van der Waals surface area contributed by atoms with Gasteiger partial charge in [-0.2, -0.15) is 5.26 Å². The predicted octanol–water partition coefficient (Wildman–Crippen LogP) is 3.21. The van der Waals surface area contributed by atoms with Crippen molar-refractivity contribution in [2.24, 2.45) is 0 Å². The SMILES string of the molecule is C[C@]1(CN2CCc3nc(-c4ccc(F)c(F)c4)c(C#N)cc3C2)Cn2cc([N+](=O)[O-])nc2O1. The molecular weight excluding hydrogens is 434 g/mol. The summed E-state index contributed by atoms with van der Waals surface area (Å²) < 4.78 is 34.6. The van der Waals surface area contributed by atoms with Crippen LogP contribution in [0.25, 0.3) is 11.3 Å². The monoisotopic (exact) mass is 452 g/mol. The first-order valence-electron chi connectivity index (χ1n) is 10.3. The molecule has 5 rings (SSSR count). The number of halogens is 2. The van der Waals surface area contributed by atoms with Crippen molar-refractivity contribution in [1.82, 2.24) is 19.4 Å². The largest absolute Gasteiger partial charge is 0.436 e. The Morgan fingerprint density at radius 3 is 2.82 bits per heavy atom. The highest BCUT2D eigenvalue weighted by molar-refractivity contribution is 5.67. The van der Waals surface area contributed by atoms with Gasteiger partial charge in [-0.15, -0.1) is 0 Å². The van der Waals surface area contributed by atoms with Crippen LogP contribution in [0.5, 0.6) is 6.01 Å². The van der Waals surface area contributed by atoms with Crippen LogP contribution < -0.4 is 4.74 Å². The molecule has 2 aliphatic rings. The fraction of sp³-hybridized carbons (Fsp3) is 0.318. The first-order valence-corrected chi connectivity index (χ1v) is 10.3. The van der Waals surface area contributed by atoms with E-state index in [1.807, 2.05) is 6.92 Å². The Morgan fingerprint density at radius 1 is 1.30 bits per heavy atom. The summed E-state index contributed by atoms with van der Waals surface area (Å²) in [5.41, 5.74) is 2.07. The van der Waals surface area contributed by atoms with Gasteiger partial charge >= 0.3 is 11.8 Å². The van der Waals surface area contributed by atoms with E-state index in [1.54, 1.807) is 10.6 Å². The maximum atomic E-state index is 13.7. The lowest BCUT2D eigenvalue weighted by Gasteiger charge is -2.34. The molecule has 0 saturated heterocycles. The van der Waals surface area contributed by atoms with Gasteiger partial charge in [-0.25, -0.2) is 8.78 Å². The van der Waals surface area contributed by atoms with Gasteiger partial charge in [-0.3, -0.25) is 14.5 Å². The molecule has 11 heteroatoms. The number of hydrogen-bond acceptors (Lipinski definition) is 7. The number of hydrogen-bond donors (Lipinski definition) is 0. The smallest absolute Gasteiger partial charge is 0.415 e. The molecule has 0 aliphatic carbocycles. The summed E-state index contributed by atoms with van der Waals surface area (Å²) >= 11 is 0. The third kappa shape index (κ3) is 3.78. The summed E-state index contributed by atoms with van der Waals surface area (Å²) in [5.74, 6) is -2.19. The van der Waals surface area contributed by atoms with E-state index >= 15 is 0 Å². The number of imidazole rings is 1. The van der Waals surface area contributed by atoms with Crippen molar-refractivity contribution in [3.63, 3.8) is 0 Å². The van der Waals surface area contributed by atoms with Gasteiger partial charge in [-0.05, 0) is 41.7 Å². The van der Waals surface area contributed by atoms with Crippen LogP contribution in [-0.4, -0.2) is 43.0 Å². The molecule has 1 atom stereocenters. The summed E-state index contributed by atoms with van der Waals surface area (Å²) in [7, 11) is 0. The van der Waals surface area contributed by atoms with E-state index in [4.69, 9.17) is 4.74 Å². The number of pyridine rings is 1. The lowest BCUT2D eigenvalue weighted by Crippen LogP contribution is -2.46. The van der Waals surface area contributed by atoms with Gasteiger partial charge in [0.15, 0.2) is 11.6 Å². The van der Waals surface area contributed by atoms with Crippen molar-refractivity contribution in [3.05, 3.63) is 69.0 Å². The highest BCUT2D eigenvalue weighted by atomic mass is 19.2. The quantitative estimate of drug-likeness (QED) is 0.442. The first kappa shape index (κ1) is 21.0. The molecule has 0 saturated carbocycles. The van der Waals surface area contributed by atoms with E-state index in [0.717, 1.165) is 23.4 Å². The Morgan fingerprint density at radius 2 is 2.12 bits per heavy atom. The average Bonchev–Trinajstić information content (AvgIpc) is 3.29. The second-order valence-corrected chi connectivity index (χ2v) is 8.51. The zero-order valence-electron chi connectivity index (χ0n) is 17.6. The van der Waals surface area contributed by atoms with E-state index in [0.29, 0.717) is 43.9 Å². The number of fused-ring (bicyclic) bond motifs is 2. The summed E-state index contributed by atoms with van der Waals surface area (Å²) in [6.45, 7) is 4.13.